The van der Waals surface area contributed by atoms with Crippen molar-refractivity contribution < 1.29 is 9.15 Å². The fourth-order valence-electron chi connectivity index (χ4n) is 2.81. The van der Waals surface area contributed by atoms with Gasteiger partial charge in [0.15, 0.2) is 5.76 Å². The smallest absolute Gasteiger partial charge is 0.157 e. The molecule has 0 radical (unpaired) electrons. The Morgan fingerprint density at radius 3 is 2.88 bits per heavy atom. The maximum Gasteiger partial charge on any atom is 0.157 e. The second kappa shape index (κ2) is 5.36. The quantitative estimate of drug-likeness (QED) is 0.584. The molecule has 4 aromatic rings. The molecule has 0 saturated carbocycles. The summed E-state index contributed by atoms with van der Waals surface area (Å²) in [6, 6.07) is 11.4. The zero-order valence-corrected chi connectivity index (χ0v) is 13.3. The van der Waals surface area contributed by atoms with Crippen LogP contribution in [-0.2, 0) is 0 Å². The minimum Gasteiger partial charge on any atom is -0.497 e. The van der Waals surface area contributed by atoms with E-state index in [0.29, 0.717) is 5.76 Å². The molecule has 0 bridgehead atoms. The number of rotatable bonds is 3. The molecule has 118 valence electrons. The third-order valence-electron chi connectivity index (χ3n) is 3.99. The Bertz CT molecular complexity index is 1100. The lowest BCUT2D eigenvalue weighted by molar-refractivity contribution is 0.415. The van der Waals surface area contributed by atoms with Crippen LogP contribution in [0.5, 0.6) is 5.75 Å². The molecule has 3 heterocycles. The van der Waals surface area contributed by atoms with Gasteiger partial charge in [0.05, 0.1) is 7.11 Å². The highest BCUT2D eigenvalue weighted by atomic mass is 16.5. The molecule has 5 heteroatoms. The number of fused-ring (bicyclic) bond motifs is 2. The van der Waals surface area contributed by atoms with Gasteiger partial charge in [0, 0.05) is 24.2 Å². The lowest BCUT2D eigenvalue weighted by Crippen LogP contribution is -1.95. The zero-order valence-electron chi connectivity index (χ0n) is 13.3. The van der Waals surface area contributed by atoms with Crippen LogP contribution in [0.3, 0.4) is 0 Å². The van der Waals surface area contributed by atoms with E-state index < -0.39 is 0 Å². The van der Waals surface area contributed by atoms with Crippen LogP contribution in [0.15, 0.2) is 47.0 Å². The number of nitrogens with zero attached hydrogens (tertiary/aromatic N) is 2. The third kappa shape index (κ3) is 2.09. The van der Waals surface area contributed by atoms with Crippen LogP contribution in [0, 0.1) is 12.3 Å². The van der Waals surface area contributed by atoms with E-state index in [1.54, 1.807) is 7.11 Å². The van der Waals surface area contributed by atoms with Crippen molar-refractivity contribution in [2.24, 2.45) is 0 Å². The van der Waals surface area contributed by atoms with E-state index in [2.05, 4.69) is 16.2 Å². The minimum atomic E-state index is 0.688. The Morgan fingerprint density at radius 1 is 1.25 bits per heavy atom. The molecule has 1 aromatic carbocycles. The van der Waals surface area contributed by atoms with E-state index in [1.165, 1.54) is 0 Å². The summed E-state index contributed by atoms with van der Waals surface area (Å²) in [5.74, 6) is 4.95. The molecule has 0 unspecified atom stereocenters. The summed E-state index contributed by atoms with van der Waals surface area (Å²) in [6.07, 6.45) is 7.38. The Kier molecular flexibility index (Phi) is 3.17. The summed E-state index contributed by atoms with van der Waals surface area (Å²) >= 11 is 0. The maximum absolute atomic E-state index is 5.97. The molecule has 0 aliphatic carbocycles. The molecule has 0 aliphatic heterocycles. The summed E-state index contributed by atoms with van der Waals surface area (Å²) in [5, 5.41) is 4.15. The van der Waals surface area contributed by atoms with E-state index in [1.807, 2.05) is 54.0 Å². The molecule has 3 aromatic heterocycles. The van der Waals surface area contributed by atoms with E-state index >= 15 is 0 Å². The second-order valence-electron chi connectivity index (χ2n) is 5.36. The fourth-order valence-corrected chi connectivity index (χ4v) is 2.81. The SMILES string of the molecule is C#Cc1ccn2c(NC)c(-c3cc4cc(OC)ccc4o3)nc2c1. The van der Waals surface area contributed by atoms with Crippen molar-refractivity contribution >= 4 is 22.4 Å². The summed E-state index contributed by atoms with van der Waals surface area (Å²) in [5.41, 5.74) is 3.08. The van der Waals surface area contributed by atoms with Gasteiger partial charge in [0.1, 0.15) is 28.5 Å². The highest BCUT2D eigenvalue weighted by Crippen LogP contribution is 2.34. The number of furan rings is 1. The largest absolute Gasteiger partial charge is 0.497 e. The van der Waals surface area contributed by atoms with Crippen LogP contribution < -0.4 is 10.1 Å². The predicted octanol–water partition coefficient (Wildman–Crippen LogP) is 3.78. The Labute approximate surface area is 138 Å². The predicted molar refractivity (Wildman–Crippen MR) is 94.4 cm³/mol. The van der Waals surface area contributed by atoms with Crippen LogP contribution in [0.25, 0.3) is 28.1 Å². The molecule has 0 saturated heterocycles. The zero-order chi connectivity index (χ0) is 16.7. The molecular formula is C19H15N3O2. The van der Waals surface area contributed by atoms with Crippen LogP contribution in [0.1, 0.15) is 5.56 Å². The summed E-state index contributed by atoms with van der Waals surface area (Å²) < 4.78 is 13.2. The first-order chi connectivity index (χ1) is 11.7. The van der Waals surface area contributed by atoms with E-state index in [-0.39, 0.29) is 0 Å². The van der Waals surface area contributed by atoms with Crippen molar-refractivity contribution in [2.75, 3.05) is 19.5 Å². The van der Waals surface area contributed by atoms with Gasteiger partial charge in [-0.25, -0.2) is 4.98 Å². The number of hydrogen-bond acceptors (Lipinski definition) is 4. The van der Waals surface area contributed by atoms with Crippen LogP contribution >= 0.6 is 0 Å². The number of terminal acetylenes is 1. The Morgan fingerprint density at radius 2 is 2.12 bits per heavy atom. The van der Waals surface area contributed by atoms with Crippen molar-refractivity contribution in [2.45, 2.75) is 0 Å². The lowest BCUT2D eigenvalue weighted by atomic mass is 10.2. The highest BCUT2D eigenvalue weighted by Gasteiger charge is 2.17. The summed E-state index contributed by atoms with van der Waals surface area (Å²) in [4.78, 5) is 4.68. The molecule has 24 heavy (non-hydrogen) atoms. The number of ether oxygens (including phenoxy) is 1. The molecule has 4 rings (SSSR count). The first kappa shape index (κ1) is 14.2. The van der Waals surface area contributed by atoms with E-state index in [0.717, 1.165) is 39.4 Å². The normalized spacial score (nSPS) is 10.9. The van der Waals surface area contributed by atoms with Crippen molar-refractivity contribution in [3.8, 4) is 29.5 Å². The van der Waals surface area contributed by atoms with Gasteiger partial charge in [0.25, 0.3) is 0 Å². The number of aromatic nitrogens is 2. The van der Waals surface area contributed by atoms with Crippen molar-refractivity contribution in [1.82, 2.24) is 9.38 Å². The van der Waals surface area contributed by atoms with Crippen molar-refractivity contribution in [1.29, 1.82) is 0 Å². The van der Waals surface area contributed by atoms with Gasteiger partial charge >= 0.3 is 0 Å². The van der Waals surface area contributed by atoms with Gasteiger partial charge in [-0.2, -0.15) is 0 Å². The van der Waals surface area contributed by atoms with Gasteiger partial charge in [-0.1, -0.05) is 5.92 Å². The second-order valence-corrected chi connectivity index (χ2v) is 5.36. The molecule has 0 amide bonds. The van der Waals surface area contributed by atoms with Gasteiger partial charge in [0.2, 0.25) is 0 Å². The van der Waals surface area contributed by atoms with Crippen LogP contribution in [-0.4, -0.2) is 23.5 Å². The summed E-state index contributed by atoms with van der Waals surface area (Å²) in [7, 11) is 3.50. The fraction of sp³-hybridized carbons (Fsp3) is 0.105. The number of pyridine rings is 1. The molecular weight excluding hydrogens is 302 g/mol. The highest BCUT2D eigenvalue weighted by molar-refractivity contribution is 5.86. The number of methoxy groups -OCH3 is 1. The Hall–Kier alpha value is -3.39. The molecule has 1 N–H and O–H groups in total. The van der Waals surface area contributed by atoms with Gasteiger partial charge in [-0.3, -0.25) is 4.40 Å². The first-order valence-corrected chi connectivity index (χ1v) is 7.48. The molecule has 0 atom stereocenters. The number of benzene rings is 1. The Balaban J connectivity index is 1.93. The average Bonchev–Trinajstić information content (AvgIpc) is 3.20. The number of anilines is 1. The monoisotopic (exact) mass is 317 g/mol. The van der Waals surface area contributed by atoms with Crippen molar-refractivity contribution in [3.63, 3.8) is 0 Å². The maximum atomic E-state index is 5.97. The molecule has 0 aliphatic rings. The molecule has 0 spiro atoms. The van der Waals surface area contributed by atoms with E-state index in [4.69, 9.17) is 15.6 Å². The van der Waals surface area contributed by atoms with E-state index in [9.17, 15) is 0 Å². The van der Waals surface area contributed by atoms with Gasteiger partial charge < -0.3 is 14.5 Å². The summed E-state index contributed by atoms with van der Waals surface area (Å²) in [6.45, 7) is 0. The number of nitrogens with one attached hydrogen (secondary N) is 1. The number of hydrogen-bond donors (Lipinski definition) is 1. The van der Waals surface area contributed by atoms with Crippen LogP contribution in [0.2, 0.25) is 0 Å². The van der Waals surface area contributed by atoms with Crippen LogP contribution in [0.4, 0.5) is 5.82 Å². The molecule has 0 fully saturated rings. The lowest BCUT2D eigenvalue weighted by Gasteiger charge is -2.02. The minimum absolute atomic E-state index is 0.688. The van der Waals surface area contributed by atoms with Crippen molar-refractivity contribution in [3.05, 3.63) is 48.2 Å². The van der Waals surface area contributed by atoms with Gasteiger partial charge in [-0.15, -0.1) is 6.42 Å². The molecule has 5 nitrogen and oxygen atoms in total. The first-order valence-electron chi connectivity index (χ1n) is 7.48. The standard InChI is InChI=1S/C19H15N3O2/c1-4-12-7-8-22-17(9-12)21-18(19(22)20-2)16-11-13-10-14(23-3)5-6-15(13)24-16/h1,5-11,20H,2-3H3. The number of imidazole rings is 1. The van der Waals surface area contributed by atoms with Gasteiger partial charge in [-0.05, 0) is 36.4 Å². The average molecular weight is 317 g/mol. The topological polar surface area (TPSA) is 51.7 Å². The third-order valence-corrected chi connectivity index (χ3v) is 3.99.